The van der Waals surface area contributed by atoms with E-state index < -0.39 is 0 Å². The molecule has 1 N–H and O–H groups in total. The van der Waals surface area contributed by atoms with Gasteiger partial charge in [0.25, 0.3) is 0 Å². The monoisotopic (exact) mass is 255 g/mol. The van der Waals surface area contributed by atoms with Gasteiger partial charge in [-0.25, -0.2) is 0 Å². The minimum Gasteiger partial charge on any atom is -0.374 e. The number of nitrogens with zero attached hydrogens (tertiary/aromatic N) is 2. The van der Waals surface area contributed by atoms with Crippen molar-refractivity contribution in [3.05, 3.63) is 29.0 Å². The average molecular weight is 256 g/mol. The van der Waals surface area contributed by atoms with Crippen molar-refractivity contribution >= 4 is 11.6 Å². The van der Waals surface area contributed by atoms with Crippen LogP contribution in [-0.4, -0.2) is 49.3 Å². The molecule has 1 unspecified atom stereocenters. The Hall–Kier alpha value is -0.680. The molecule has 2 heterocycles. The van der Waals surface area contributed by atoms with E-state index >= 15 is 0 Å². The highest BCUT2D eigenvalue weighted by Gasteiger charge is 2.20. The van der Waals surface area contributed by atoms with Gasteiger partial charge in [0.15, 0.2) is 0 Å². The molecule has 0 saturated carbocycles. The molecule has 94 valence electrons. The van der Waals surface area contributed by atoms with Crippen molar-refractivity contribution in [1.29, 1.82) is 0 Å². The number of hydrogen-bond donors (Lipinski definition) is 1. The lowest BCUT2D eigenvalue weighted by atomic mass is 10.2. The van der Waals surface area contributed by atoms with Crippen LogP contribution in [0.25, 0.3) is 0 Å². The second-order valence-electron chi connectivity index (χ2n) is 4.25. The first-order valence-corrected chi connectivity index (χ1v) is 6.24. The maximum absolute atomic E-state index is 6.11. The molecule has 0 amide bonds. The van der Waals surface area contributed by atoms with Gasteiger partial charge in [-0.15, -0.1) is 0 Å². The third-order valence-corrected chi connectivity index (χ3v) is 3.25. The van der Waals surface area contributed by atoms with Crippen molar-refractivity contribution in [3.63, 3.8) is 0 Å². The summed E-state index contributed by atoms with van der Waals surface area (Å²) in [4.78, 5) is 6.37. The SMILES string of the molecule is CNCC1CN(Cc2ccncc2Cl)CCO1. The average Bonchev–Trinajstić information content (AvgIpc) is 2.33. The van der Waals surface area contributed by atoms with Crippen molar-refractivity contribution in [3.8, 4) is 0 Å². The van der Waals surface area contributed by atoms with Gasteiger partial charge >= 0.3 is 0 Å². The summed E-state index contributed by atoms with van der Waals surface area (Å²) in [7, 11) is 1.95. The summed E-state index contributed by atoms with van der Waals surface area (Å²) >= 11 is 6.11. The molecule has 2 rings (SSSR count). The Balaban J connectivity index is 1.92. The lowest BCUT2D eigenvalue weighted by molar-refractivity contribution is -0.0291. The predicted octanol–water partition coefficient (Wildman–Crippen LogP) is 1.16. The van der Waals surface area contributed by atoms with E-state index in [-0.39, 0.29) is 6.10 Å². The molecule has 1 aromatic heterocycles. The largest absolute Gasteiger partial charge is 0.374 e. The Morgan fingerprint density at radius 3 is 3.29 bits per heavy atom. The van der Waals surface area contributed by atoms with Gasteiger partial charge in [-0.05, 0) is 18.7 Å². The lowest BCUT2D eigenvalue weighted by Gasteiger charge is -2.33. The Labute approximate surface area is 107 Å². The summed E-state index contributed by atoms with van der Waals surface area (Å²) in [5.41, 5.74) is 1.13. The number of aromatic nitrogens is 1. The van der Waals surface area contributed by atoms with Crippen LogP contribution < -0.4 is 5.32 Å². The Morgan fingerprint density at radius 2 is 2.53 bits per heavy atom. The number of ether oxygens (including phenoxy) is 1. The highest BCUT2D eigenvalue weighted by atomic mass is 35.5. The van der Waals surface area contributed by atoms with Gasteiger partial charge < -0.3 is 10.1 Å². The van der Waals surface area contributed by atoms with Crippen molar-refractivity contribution in [2.75, 3.05) is 33.3 Å². The summed E-state index contributed by atoms with van der Waals surface area (Å²) in [6.45, 7) is 4.44. The second-order valence-corrected chi connectivity index (χ2v) is 4.66. The fourth-order valence-electron chi connectivity index (χ4n) is 2.05. The van der Waals surface area contributed by atoms with Crippen molar-refractivity contribution in [2.24, 2.45) is 0 Å². The standard InChI is InChI=1S/C12H18ClN3O/c1-14-6-11-9-16(4-5-17-11)8-10-2-3-15-7-12(10)13/h2-3,7,11,14H,4-6,8-9H2,1H3. The molecule has 0 radical (unpaired) electrons. The van der Waals surface area contributed by atoms with E-state index in [9.17, 15) is 0 Å². The van der Waals surface area contributed by atoms with Gasteiger partial charge in [0.1, 0.15) is 0 Å². The Morgan fingerprint density at radius 1 is 1.65 bits per heavy atom. The molecule has 1 aromatic rings. The smallest absolute Gasteiger partial charge is 0.0826 e. The van der Waals surface area contributed by atoms with E-state index in [2.05, 4.69) is 15.2 Å². The van der Waals surface area contributed by atoms with Gasteiger partial charge in [0.05, 0.1) is 17.7 Å². The number of nitrogens with one attached hydrogen (secondary N) is 1. The number of pyridine rings is 1. The van der Waals surface area contributed by atoms with Gasteiger partial charge in [-0.2, -0.15) is 0 Å². The van der Waals surface area contributed by atoms with E-state index in [1.165, 1.54) is 0 Å². The predicted molar refractivity (Wildman–Crippen MR) is 68.2 cm³/mol. The summed E-state index contributed by atoms with van der Waals surface area (Å²) in [5.74, 6) is 0. The van der Waals surface area contributed by atoms with Crippen LogP contribution in [0.15, 0.2) is 18.5 Å². The molecular weight excluding hydrogens is 238 g/mol. The summed E-state index contributed by atoms with van der Waals surface area (Å²) in [5, 5.41) is 3.89. The molecule has 1 saturated heterocycles. The summed E-state index contributed by atoms with van der Waals surface area (Å²) in [6, 6.07) is 1.98. The fraction of sp³-hybridized carbons (Fsp3) is 0.583. The van der Waals surface area contributed by atoms with Crippen LogP contribution in [0.2, 0.25) is 5.02 Å². The molecule has 5 heteroatoms. The number of likely N-dealkylation sites (N-methyl/N-ethyl adjacent to an activating group) is 1. The molecule has 1 fully saturated rings. The molecule has 0 bridgehead atoms. The maximum Gasteiger partial charge on any atom is 0.0826 e. The zero-order valence-corrected chi connectivity index (χ0v) is 10.8. The zero-order valence-electron chi connectivity index (χ0n) is 10.0. The van der Waals surface area contributed by atoms with E-state index in [1.54, 1.807) is 12.4 Å². The third-order valence-electron chi connectivity index (χ3n) is 2.91. The van der Waals surface area contributed by atoms with Crippen LogP contribution in [0.5, 0.6) is 0 Å². The van der Waals surface area contributed by atoms with E-state index in [4.69, 9.17) is 16.3 Å². The van der Waals surface area contributed by atoms with Crippen LogP contribution in [0, 0.1) is 0 Å². The third kappa shape index (κ3) is 3.64. The first-order chi connectivity index (χ1) is 8.29. The van der Waals surface area contributed by atoms with Crippen molar-refractivity contribution in [2.45, 2.75) is 12.6 Å². The molecule has 1 aliphatic rings. The molecule has 1 atom stereocenters. The molecule has 0 aliphatic carbocycles. The van der Waals surface area contributed by atoms with Crippen LogP contribution in [-0.2, 0) is 11.3 Å². The molecular formula is C12H18ClN3O. The van der Waals surface area contributed by atoms with E-state index in [1.807, 2.05) is 13.1 Å². The van der Waals surface area contributed by atoms with Crippen LogP contribution in [0.4, 0.5) is 0 Å². The molecule has 0 spiro atoms. The van der Waals surface area contributed by atoms with Crippen molar-refractivity contribution in [1.82, 2.24) is 15.2 Å². The normalized spacial score (nSPS) is 21.6. The number of hydrogen-bond acceptors (Lipinski definition) is 4. The van der Waals surface area contributed by atoms with Crippen LogP contribution >= 0.6 is 11.6 Å². The summed E-state index contributed by atoms with van der Waals surface area (Å²) in [6.07, 6.45) is 3.75. The van der Waals surface area contributed by atoms with Crippen molar-refractivity contribution < 1.29 is 4.74 Å². The van der Waals surface area contributed by atoms with E-state index in [0.717, 1.165) is 43.4 Å². The second kappa shape index (κ2) is 6.31. The quantitative estimate of drug-likeness (QED) is 0.876. The number of rotatable bonds is 4. The van der Waals surface area contributed by atoms with Gasteiger partial charge in [-0.3, -0.25) is 9.88 Å². The Kier molecular flexibility index (Phi) is 4.74. The van der Waals surface area contributed by atoms with Crippen LogP contribution in [0.3, 0.4) is 0 Å². The molecule has 0 aromatic carbocycles. The summed E-state index contributed by atoms with van der Waals surface area (Å²) < 4.78 is 5.67. The minimum atomic E-state index is 0.273. The first-order valence-electron chi connectivity index (χ1n) is 5.86. The van der Waals surface area contributed by atoms with Gasteiger partial charge in [0, 0.05) is 38.6 Å². The number of halogens is 1. The molecule has 17 heavy (non-hydrogen) atoms. The zero-order chi connectivity index (χ0) is 12.1. The fourth-order valence-corrected chi connectivity index (χ4v) is 2.23. The minimum absolute atomic E-state index is 0.273. The van der Waals surface area contributed by atoms with E-state index in [0.29, 0.717) is 0 Å². The van der Waals surface area contributed by atoms with Gasteiger partial charge in [-0.1, -0.05) is 11.6 Å². The molecule has 1 aliphatic heterocycles. The topological polar surface area (TPSA) is 37.4 Å². The van der Waals surface area contributed by atoms with Gasteiger partial charge in [0.2, 0.25) is 0 Å². The Bertz CT molecular complexity index is 359. The number of morpholine rings is 1. The maximum atomic E-state index is 6.11. The first kappa shape index (κ1) is 12.8. The highest BCUT2D eigenvalue weighted by Crippen LogP contribution is 2.17. The highest BCUT2D eigenvalue weighted by molar-refractivity contribution is 6.31. The molecule has 4 nitrogen and oxygen atoms in total. The van der Waals surface area contributed by atoms with Crippen LogP contribution in [0.1, 0.15) is 5.56 Å². The lowest BCUT2D eigenvalue weighted by Crippen LogP contribution is -2.45.